The summed E-state index contributed by atoms with van der Waals surface area (Å²) in [5.41, 5.74) is 1.12. The van der Waals surface area contributed by atoms with Crippen LogP contribution in [0.15, 0.2) is 28.7 Å². The summed E-state index contributed by atoms with van der Waals surface area (Å²) in [5.74, 6) is -1.03. The molecule has 1 aliphatic heterocycles. The average molecular weight is 309 g/mol. The molecule has 4 heteroatoms. The second-order valence-electron chi connectivity index (χ2n) is 4.96. The molecule has 1 aliphatic carbocycles. The summed E-state index contributed by atoms with van der Waals surface area (Å²) in [7, 11) is 0. The first-order chi connectivity index (χ1) is 8.66. The Hall–Kier alpha value is -1.16. The summed E-state index contributed by atoms with van der Waals surface area (Å²) in [4.78, 5) is 23.4. The van der Waals surface area contributed by atoms with E-state index in [1.165, 1.54) is 0 Å². The molecule has 1 saturated carbocycles. The van der Waals surface area contributed by atoms with E-state index >= 15 is 0 Å². The highest BCUT2D eigenvalue weighted by Crippen LogP contribution is 2.45. The minimum absolute atomic E-state index is 0.121. The van der Waals surface area contributed by atoms with Gasteiger partial charge in [0.15, 0.2) is 0 Å². The molecular formula is C14H13BrO3. The predicted octanol–water partition coefficient (Wildman–Crippen LogP) is 3.03. The molecule has 2 aliphatic rings. The van der Waals surface area contributed by atoms with Crippen molar-refractivity contribution < 1.29 is 14.3 Å². The molecular weight excluding hydrogens is 296 g/mol. The van der Waals surface area contributed by atoms with Gasteiger partial charge in [-0.05, 0) is 36.5 Å². The zero-order valence-corrected chi connectivity index (χ0v) is 11.4. The first-order valence-corrected chi connectivity index (χ1v) is 6.97. The van der Waals surface area contributed by atoms with E-state index in [4.69, 9.17) is 4.74 Å². The van der Waals surface area contributed by atoms with Crippen molar-refractivity contribution in [3.63, 3.8) is 0 Å². The summed E-state index contributed by atoms with van der Waals surface area (Å²) in [6.45, 7) is 0. The van der Waals surface area contributed by atoms with Gasteiger partial charge in [-0.15, -0.1) is 0 Å². The van der Waals surface area contributed by atoms with Gasteiger partial charge in [-0.1, -0.05) is 34.5 Å². The Morgan fingerprint density at radius 2 is 1.67 bits per heavy atom. The number of cyclic esters (lactones) is 2. The topological polar surface area (TPSA) is 43.4 Å². The van der Waals surface area contributed by atoms with Crippen molar-refractivity contribution >= 4 is 27.9 Å². The van der Waals surface area contributed by atoms with E-state index in [-0.39, 0.29) is 29.7 Å². The average Bonchev–Trinajstić information content (AvgIpc) is 2.66. The van der Waals surface area contributed by atoms with Crippen LogP contribution in [0, 0.1) is 11.8 Å². The van der Waals surface area contributed by atoms with Crippen molar-refractivity contribution in [3.05, 3.63) is 34.3 Å². The highest BCUT2D eigenvalue weighted by atomic mass is 79.9. The van der Waals surface area contributed by atoms with Gasteiger partial charge < -0.3 is 4.74 Å². The van der Waals surface area contributed by atoms with Crippen LogP contribution >= 0.6 is 15.9 Å². The maximum atomic E-state index is 11.8. The second kappa shape index (κ2) is 4.50. The van der Waals surface area contributed by atoms with E-state index in [0.29, 0.717) is 0 Å². The number of hydrogen-bond acceptors (Lipinski definition) is 3. The van der Waals surface area contributed by atoms with Crippen LogP contribution in [-0.2, 0) is 14.3 Å². The Bertz CT molecular complexity index is 494. The maximum Gasteiger partial charge on any atom is 0.318 e. The van der Waals surface area contributed by atoms with Crippen molar-refractivity contribution in [2.24, 2.45) is 11.8 Å². The van der Waals surface area contributed by atoms with Gasteiger partial charge in [-0.2, -0.15) is 0 Å². The van der Waals surface area contributed by atoms with E-state index in [1.54, 1.807) is 0 Å². The molecule has 1 aromatic rings. The third kappa shape index (κ3) is 1.88. The van der Waals surface area contributed by atoms with Crippen LogP contribution in [-0.4, -0.2) is 11.9 Å². The van der Waals surface area contributed by atoms with Gasteiger partial charge in [0.05, 0.1) is 11.8 Å². The molecule has 94 valence electrons. The van der Waals surface area contributed by atoms with E-state index in [9.17, 15) is 9.59 Å². The molecule has 3 unspecified atom stereocenters. The number of carbonyl (C=O) groups is 2. The molecule has 3 nitrogen and oxygen atoms in total. The van der Waals surface area contributed by atoms with E-state index in [0.717, 1.165) is 29.3 Å². The molecule has 18 heavy (non-hydrogen) atoms. The fourth-order valence-electron chi connectivity index (χ4n) is 3.12. The molecule has 0 amide bonds. The molecule has 1 heterocycles. The van der Waals surface area contributed by atoms with Crippen LogP contribution in [0.5, 0.6) is 0 Å². The number of carbonyl (C=O) groups excluding carboxylic acids is 2. The molecule has 1 aromatic carbocycles. The van der Waals surface area contributed by atoms with Gasteiger partial charge in [0.25, 0.3) is 0 Å². The Morgan fingerprint density at radius 3 is 2.39 bits per heavy atom. The molecule has 1 saturated heterocycles. The largest absolute Gasteiger partial charge is 0.393 e. The van der Waals surface area contributed by atoms with Crippen LogP contribution in [0.2, 0.25) is 0 Å². The van der Waals surface area contributed by atoms with Gasteiger partial charge in [0.1, 0.15) is 0 Å². The Kier molecular flexibility index (Phi) is 2.98. The van der Waals surface area contributed by atoms with Crippen LogP contribution in [0.3, 0.4) is 0 Å². The molecule has 0 bridgehead atoms. The van der Waals surface area contributed by atoms with Crippen molar-refractivity contribution in [1.82, 2.24) is 0 Å². The normalized spacial score (nSPS) is 31.1. The molecule has 0 spiro atoms. The van der Waals surface area contributed by atoms with Gasteiger partial charge in [-0.3, -0.25) is 9.59 Å². The Morgan fingerprint density at radius 1 is 1.00 bits per heavy atom. The number of ether oxygens (including phenoxy) is 1. The SMILES string of the molecule is O=C1OC(=O)C2C1CCCC2c1ccc(Br)cc1. The fraction of sp³-hybridized carbons (Fsp3) is 0.429. The van der Waals surface area contributed by atoms with Crippen LogP contribution in [0.25, 0.3) is 0 Å². The lowest BCUT2D eigenvalue weighted by atomic mass is 9.70. The first kappa shape index (κ1) is 11.9. The lowest BCUT2D eigenvalue weighted by molar-refractivity contribution is -0.153. The zero-order valence-electron chi connectivity index (χ0n) is 9.77. The third-order valence-electron chi connectivity index (χ3n) is 3.97. The molecule has 3 atom stereocenters. The predicted molar refractivity (Wildman–Crippen MR) is 68.8 cm³/mol. The van der Waals surface area contributed by atoms with Gasteiger partial charge in [0.2, 0.25) is 0 Å². The molecule has 0 N–H and O–H groups in total. The monoisotopic (exact) mass is 308 g/mol. The quantitative estimate of drug-likeness (QED) is 0.591. The van der Waals surface area contributed by atoms with Crippen LogP contribution in [0.4, 0.5) is 0 Å². The Labute approximate surface area is 114 Å². The third-order valence-corrected chi connectivity index (χ3v) is 4.50. The number of halogens is 1. The van der Waals surface area contributed by atoms with E-state index in [2.05, 4.69) is 15.9 Å². The summed E-state index contributed by atoms with van der Waals surface area (Å²) < 4.78 is 5.81. The highest BCUT2D eigenvalue weighted by Gasteiger charge is 2.50. The highest BCUT2D eigenvalue weighted by molar-refractivity contribution is 9.10. The van der Waals surface area contributed by atoms with Gasteiger partial charge in [-0.25, -0.2) is 0 Å². The smallest absolute Gasteiger partial charge is 0.318 e. The molecule has 3 rings (SSSR count). The van der Waals surface area contributed by atoms with Crippen molar-refractivity contribution in [1.29, 1.82) is 0 Å². The van der Waals surface area contributed by atoms with Gasteiger partial charge >= 0.3 is 11.9 Å². The second-order valence-corrected chi connectivity index (χ2v) is 5.88. The summed E-state index contributed by atoms with van der Waals surface area (Å²) in [5, 5.41) is 0. The molecule has 0 aromatic heterocycles. The summed E-state index contributed by atoms with van der Waals surface area (Å²) in [6, 6.07) is 7.99. The Balaban J connectivity index is 1.94. The molecule has 2 fully saturated rings. The van der Waals surface area contributed by atoms with Gasteiger partial charge in [0, 0.05) is 4.47 Å². The summed E-state index contributed by atoms with van der Waals surface area (Å²) >= 11 is 3.40. The van der Waals surface area contributed by atoms with Crippen LogP contribution < -0.4 is 0 Å². The zero-order chi connectivity index (χ0) is 12.7. The van der Waals surface area contributed by atoms with Crippen molar-refractivity contribution in [3.8, 4) is 0 Å². The standard InChI is InChI=1S/C14H13BrO3/c15-9-6-4-8(5-7-9)10-2-1-3-11-12(10)14(17)18-13(11)16/h4-7,10-12H,1-3H2. The number of benzene rings is 1. The van der Waals surface area contributed by atoms with Crippen molar-refractivity contribution in [2.75, 3.05) is 0 Å². The first-order valence-electron chi connectivity index (χ1n) is 6.18. The van der Waals surface area contributed by atoms with E-state index < -0.39 is 0 Å². The van der Waals surface area contributed by atoms with Crippen molar-refractivity contribution in [2.45, 2.75) is 25.2 Å². The lowest BCUT2D eigenvalue weighted by Gasteiger charge is -2.29. The maximum absolute atomic E-state index is 11.8. The number of hydrogen-bond donors (Lipinski definition) is 0. The summed E-state index contributed by atoms with van der Waals surface area (Å²) in [6.07, 6.45) is 2.71. The minimum atomic E-state index is -0.336. The lowest BCUT2D eigenvalue weighted by Crippen LogP contribution is -2.29. The number of esters is 2. The van der Waals surface area contributed by atoms with E-state index in [1.807, 2.05) is 24.3 Å². The number of rotatable bonds is 1. The fourth-order valence-corrected chi connectivity index (χ4v) is 3.38. The minimum Gasteiger partial charge on any atom is -0.393 e. The van der Waals surface area contributed by atoms with Crippen LogP contribution in [0.1, 0.15) is 30.7 Å². The molecule has 0 radical (unpaired) electrons. The number of fused-ring (bicyclic) bond motifs is 1.